The van der Waals surface area contributed by atoms with E-state index >= 15 is 0 Å². The van der Waals surface area contributed by atoms with Crippen molar-refractivity contribution >= 4 is 17.6 Å². The van der Waals surface area contributed by atoms with Gasteiger partial charge in [-0.2, -0.15) is 5.10 Å². The van der Waals surface area contributed by atoms with E-state index in [1.165, 1.54) is 6.20 Å². The normalized spacial score (nSPS) is 11.3. The number of aromatic nitrogens is 2. The summed E-state index contributed by atoms with van der Waals surface area (Å²) in [5, 5.41) is 4.95. The summed E-state index contributed by atoms with van der Waals surface area (Å²) < 4.78 is 6.74. The lowest BCUT2D eigenvalue weighted by Gasteiger charge is -2.25. The van der Waals surface area contributed by atoms with Crippen molar-refractivity contribution in [1.29, 1.82) is 0 Å². The second-order valence-corrected chi connectivity index (χ2v) is 5.64. The summed E-state index contributed by atoms with van der Waals surface area (Å²) in [5.41, 5.74) is 0.219. The van der Waals surface area contributed by atoms with Crippen LogP contribution in [0.2, 0.25) is 0 Å². The van der Waals surface area contributed by atoms with E-state index in [9.17, 15) is 9.59 Å². The molecule has 0 aliphatic carbocycles. The first-order valence-electron chi connectivity index (χ1n) is 6.97. The standard InChI is InChI=1S/C15H19N3O4/c1-5-18(14(20)21-15(2,3)4)22-13(19)11-10-16-17-9-7-6-8-12(11)17/h6-10H,5H2,1-4H3. The Balaban J connectivity index is 2.14. The van der Waals surface area contributed by atoms with E-state index in [2.05, 4.69) is 5.10 Å². The average Bonchev–Trinajstić information content (AvgIpc) is 2.86. The number of hydrogen-bond acceptors (Lipinski definition) is 5. The van der Waals surface area contributed by atoms with Gasteiger partial charge in [-0.25, -0.2) is 14.1 Å². The number of carbonyl (C=O) groups is 2. The Kier molecular flexibility index (Phi) is 4.35. The van der Waals surface area contributed by atoms with Crippen LogP contribution in [-0.2, 0) is 9.57 Å². The van der Waals surface area contributed by atoms with Gasteiger partial charge < -0.3 is 9.57 Å². The van der Waals surface area contributed by atoms with Crippen LogP contribution in [-0.4, -0.2) is 38.9 Å². The van der Waals surface area contributed by atoms with Gasteiger partial charge in [0.15, 0.2) is 0 Å². The van der Waals surface area contributed by atoms with Crippen molar-refractivity contribution in [1.82, 2.24) is 14.7 Å². The Bertz CT molecular complexity index is 687. The van der Waals surface area contributed by atoms with Crippen LogP contribution < -0.4 is 0 Å². The first-order valence-corrected chi connectivity index (χ1v) is 6.97. The zero-order valence-electron chi connectivity index (χ0n) is 13.1. The highest BCUT2D eigenvalue weighted by atomic mass is 16.8. The SMILES string of the molecule is CCN(OC(=O)c1cnn2ccccc12)C(=O)OC(C)(C)C. The van der Waals surface area contributed by atoms with Crippen molar-refractivity contribution in [3.8, 4) is 0 Å². The molecule has 0 saturated carbocycles. The third-order valence-corrected chi connectivity index (χ3v) is 2.72. The number of hydrogen-bond donors (Lipinski definition) is 0. The van der Waals surface area contributed by atoms with Crippen LogP contribution in [0.5, 0.6) is 0 Å². The van der Waals surface area contributed by atoms with Crippen molar-refractivity contribution in [2.24, 2.45) is 0 Å². The fourth-order valence-corrected chi connectivity index (χ4v) is 1.78. The second-order valence-electron chi connectivity index (χ2n) is 5.64. The molecule has 118 valence electrons. The molecule has 0 bridgehead atoms. The van der Waals surface area contributed by atoms with Gasteiger partial charge in [0.25, 0.3) is 0 Å². The zero-order valence-corrected chi connectivity index (χ0v) is 13.1. The lowest BCUT2D eigenvalue weighted by molar-refractivity contribution is -0.105. The van der Waals surface area contributed by atoms with E-state index in [4.69, 9.17) is 9.57 Å². The molecule has 0 aliphatic rings. The Morgan fingerprint density at radius 2 is 2.05 bits per heavy atom. The van der Waals surface area contributed by atoms with Crippen molar-refractivity contribution in [2.75, 3.05) is 6.54 Å². The first-order chi connectivity index (χ1) is 10.3. The zero-order chi connectivity index (χ0) is 16.3. The number of fused-ring (bicyclic) bond motifs is 1. The largest absolute Gasteiger partial charge is 0.443 e. The topological polar surface area (TPSA) is 73.1 Å². The van der Waals surface area contributed by atoms with Crippen molar-refractivity contribution in [2.45, 2.75) is 33.3 Å². The predicted molar refractivity (Wildman–Crippen MR) is 79.2 cm³/mol. The van der Waals surface area contributed by atoms with E-state index in [0.717, 1.165) is 5.06 Å². The molecule has 2 rings (SSSR count). The Morgan fingerprint density at radius 3 is 2.68 bits per heavy atom. The highest BCUT2D eigenvalue weighted by Crippen LogP contribution is 2.14. The van der Waals surface area contributed by atoms with Gasteiger partial charge in [0.2, 0.25) is 0 Å². The minimum Gasteiger partial charge on any atom is -0.442 e. The van der Waals surface area contributed by atoms with Gasteiger partial charge in [0, 0.05) is 6.20 Å². The molecule has 7 nitrogen and oxygen atoms in total. The molecule has 2 aromatic heterocycles. The quantitative estimate of drug-likeness (QED) is 0.798. The van der Waals surface area contributed by atoms with Crippen LogP contribution in [0.3, 0.4) is 0 Å². The van der Waals surface area contributed by atoms with Gasteiger partial charge in [-0.15, -0.1) is 5.06 Å². The molecule has 0 unspecified atom stereocenters. The molecule has 0 radical (unpaired) electrons. The monoisotopic (exact) mass is 305 g/mol. The molecule has 0 saturated heterocycles. The molecule has 1 amide bonds. The minimum atomic E-state index is -0.708. The van der Waals surface area contributed by atoms with Crippen LogP contribution in [0, 0.1) is 0 Å². The van der Waals surface area contributed by atoms with Crippen LogP contribution in [0.1, 0.15) is 38.1 Å². The summed E-state index contributed by atoms with van der Waals surface area (Å²) in [6.45, 7) is 7.09. The molecule has 0 aromatic carbocycles. The van der Waals surface area contributed by atoms with Crippen LogP contribution in [0.4, 0.5) is 4.79 Å². The maximum atomic E-state index is 12.2. The van der Waals surface area contributed by atoms with Crippen LogP contribution in [0.15, 0.2) is 30.6 Å². The number of ether oxygens (including phenoxy) is 1. The number of pyridine rings is 1. The van der Waals surface area contributed by atoms with E-state index in [1.807, 2.05) is 0 Å². The lowest BCUT2D eigenvalue weighted by atomic mass is 10.2. The molecule has 0 fully saturated rings. The van der Waals surface area contributed by atoms with Crippen molar-refractivity contribution in [3.05, 3.63) is 36.2 Å². The average molecular weight is 305 g/mol. The fourth-order valence-electron chi connectivity index (χ4n) is 1.78. The van der Waals surface area contributed by atoms with E-state index < -0.39 is 17.7 Å². The number of rotatable bonds is 2. The maximum Gasteiger partial charge on any atom is 0.443 e. The molecule has 0 aliphatic heterocycles. The number of hydroxylamine groups is 2. The lowest BCUT2D eigenvalue weighted by Crippen LogP contribution is -2.38. The maximum absolute atomic E-state index is 12.2. The summed E-state index contributed by atoms with van der Waals surface area (Å²) in [7, 11) is 0. The first kappa shape index (κ1) is 15.8. The van der Waals surface area contributed by atoms with Gasteiger partial charge in [-0.3, -0.25) is 0 Å². The smallest absolute Gasteiger partial charge is 0.442 e. The minimum absolute atomic E-state index is 0.180. The molecule has 22 heavy (non-hydrogen) atoms. The molecule has 0 spiro atoms. The van der Waals surface area contributed by atoms with E-state index in [1.54, 1.807) is 56.6 Å². The van der Waals surface area contributed by atoms with E-state index in [0.29, 0.717) is 5.52 Å². The molecule has 2 aromatic rings. The fraction of sp³-hybridized carbons (Fsp3) is 0.400. The van der Waals surface area contributed by atoms with Crippen LogP contribution >= 0.6 is 0 Å². The van der Waals surface area contributed by atoms with Gasteiger partial charge in [-0.05, 0) is 39.8 Å². The molecule has 0 N–H and O–H groups in total. The second kappa shape index (κ2) is 6.05. The highest BCUT2D eigenvalue weighted by molar-refractivity contribution is 5.97. The molecule has 2 heterocycles. The Morgan fingerprint density at radius 1 is 1.32 bits per heavy atom. The summed E-state index contributed by atoms with van der Waals surface area (Å²) >= 11 is 0. The number of nitrogens with zero attached hydrogens (tertiary/aromatic N) is 3. The van der Waals surface area contributed by atoms with Crippen LogP contribution in [0.25, 0.3) is 5.52 Å². The predicted octanol–water partition coefficient (Wildman–Crippen LogP) is 2.66. The summed E-state index contributed by atoms with van der Waals surface area (Å²) in [6.07, 6.45) is 2.41. The Labute approximate surface area is 128 Å². The summed E-state index contributed by atoms with van der Waals surface area (Å²) in [6, 6.07) is 5.33. The number of carbonyl (C=O) groups excluding carboxylic acids is 2. The Hall–Kier alpha value is -2.57. The molecule has 0 atom stereocenters. The van der Waals surface area contributed by atoms with Gasteiger partial charge in [0.1, 0.15) is 11.2 Å². The van der Waals surface area contributed by atoms with Gasteiger partial charge in [-0.1, -0.05) is 6.07 Å². The van der Waals surface area contributed by atoms with Gasteiger partial charge >= 0.3 is 12.1 Å². The summed E-state index contributed by atoms with van der Waals surface area (Å²) in [4.78, 5) is 29.3. The van der Waals surface area contributed by atoms with E-state index in [-0.39, 0.29) is 12.1 Å². The molecular formula is C15H19N3O4. The highest BCUT2D eigenvalue weighted by Gasteiger charge is 2.25. The third kappa shape index (κ3) is 3.55. The number of amides is 1. The molecular weight excluding hydrogens is 286 g/mol. The molecule has 7 heteroatoms. The third-order valence-electron chi connectivity index (χ3n) is 2.72. The van der Waals surface area contributed by atoms with Crippen molar-refractivity contribution < 1.29 is 19.2 Å². The van der Waals surface area contributed by atoms with Crippen molar-refractivity contribution in [3.63, 3.8) is 0 Å². The van der Waals surface area contributed by atoms with Gasteiger partial charge in [0.05, 0.1) is 18.3 Å². The summed E-state index contributed by atoms with van der Waals surface area (Å²) in [5.74, 6) is -0.658.